The molecule has 0 radical (unpaired) electrons. The van der Waals surface area contributed by atoms with Gasteiger partial charge in [0.1, 0.15) is 10.7 Å². The van der Waals surface area contributed by atoms with E-state index >= 15 is 0 Å². The Hall–Kier alpha value is -3.46. The van der Waals surface area contributed by atoms with Gasteiger partial charge in [-0.3, -0.25) is 0 Å². The van der Waals surface area contributed by atoms with Crippen LogP contribution in [0.2, 0.25) is 5.02 Å². The molecule has 0 amide bonds. The second-order valence-corrected chi connectivity index (χ2v) is 8.40. The number of fused-ring (bicyclic) bond motifs is 1. The smallest absolute Gasteiger partial charge is 0.229 e. The van der Waals surface area contributed by atoms with Crippen LogP contribution in [-0.2, 0) is 0 Å². The maximum absolute atomic E-state index is 6.38. The largest absolute Gasteiger partial charge is 0.366 e. The van der Waals surface area contributed by atoms with Crippen LogP contribution in [0.25, 0.3) is 5.65 Å². The molecule has 1 aliphatic rings. The van der Waals surface area contributed by atoms with Crippen molar-refractivity contribution in [2.75, 3.05) is 28.6 Å². The Bertz CT molecular complexity index is 1230. The molecule has 1 fully saturated rings. The molecule has 164 valence electrons. The molecule has 2 N–H and O–H groups in total. The molecule has 10 heteroatoms. The predicted octanol–water partition coefficient (Wildman–Crippen LogP) is 4.01. The number of nitrogens with zero attached hydrogens (tertiary/aromatic N) is 7. The van der Waals surface area contributed by atoms with Gasteiger partial charge < -0.3 is 19.9 Å². The quantitative estimate of drug-likeness (QED) is 0.471. The normalized spacial score (nSPS) is 14.7. The van der Waals surface area contributed by atoms with Crippen molar-refractivity contribution in [3.05, 3.63) is 59.3 Å². The van der Waals surface area contributed by atoms with Gasteiger partial charge in [-0.2, -0.15) is 10.1 Å². The summed E-state index contributed by atoms with van der Waals surface area (Å²) in [5, 5.41) is 15.7. The topological polar surface area (TPSA) is 96.2 Å². The highest BCUT2D eigenvalue weighted by molar-refractivity contribution is 6.32. The zero-order chi connectivity index (χ0) is 22.1. The Kier molecular flexibility index (Phi) is 5.48. The van der Waals surface area contributed by atoms with Gasteiger partial charge in [0.25, 0.3) is 0 Å². The summed E-state index contributed by atoms with van der Waals surface area (Å²) in [5.41, 5.74) is 3.74. The minimum absolute atomic E-state index is 0.272. The number of aromatic nitrogens is 6. The molecule has 1 saturated heterocycles. The molecule has 0 atom stereocenters. The van der Waals surface area contributed by atoms with Gasteiger partial charge in [0.2, 0.25) is 5.95 Å². The van der Waals surface area contributed by atoms with Gasteiger partial charge in [-0.25, -0.2) is 9.97 Å². The second kappa shape index (κ2) is 8.58. The van der Waals surface area contributed by atoms with Gasteiger partial charge in [0.15, 0.2) is 11.6 Å². The van der Waals surface area contributed by atoms with Crippen LogP contribution in [0.4, 0.5) is 23.3 Å². The van der Waals surface area contributed by atoms with Crippen molar-refractivity contribution < 1.29 is 0 Å². The van der Waals surface area contributed by atoms with Crippen molar-refractivity contribution in [1.82, 2.24) is 29.5 Å². The van der Waals surface area contributed by atoms with E-state index in [4.69, 9.17) is 11.6 Å². The van der Waals surface area contributed by atoms with E-state index in [1.54, 1.807) is 6.20 Å². The van der Waals surface area contributed by atoms with Crippen LogP contribution >= 0.6 is 11.6 Å². The highest BCUT2D eigenvalue weighted by atomic mass is 35.5. The Morgan fingerprint density at radius 1 is 1.03 bits per heavy atom. The number of nitrogens with one attached hydrogen (secondary N) is 2. The van der Waals surface area contributed by atoms with Crippen molar-refractivity contribution in [3.63, 3.8) is 0 Å². The Morgan fingerprint density at radius 3 is 2.66 bits per heavy atom. The Balaban J connectivity index is 1.24. The summed E-state index contributed by atoms with van der Waals surface area (Å²) >= 11 is 6.38. The summed E-state index contributed by atoms with van der Waals surface area (Å²) in [6, 6.07) is 8.22. The van der Waals surface area contributed by atoms with Gasteiger partial charge in [-0.1, -0.05) is 11.6 Å². The number of anilines is 4. The van der Waals surface area contributed by atoms with Crippen LogP contribution in [0, 0.1) is 13.8 Å². The third-order valence-electron chi connectivity index (χ3n) is 5.64. The van der Waals surface area contributed by atoms with Gasteiger partial charge in [0.05, 0.1) is 11.9 Å². The molecular formula is C22H24ClN9. The lowest BCUT2D eigenvalue weighted by Crippen LogP contribution is -2.39. The minimum atomic E-state index is 0.272. The first-order chi connectivity index (χ1) is 15.5. The second-order valence-electron chi connectivity index (χ2n) is 8.00. The fraction of sp³-hybridized carbons (Fsp3) is 0.318. The first kappa shape index (κ1) is 20.4. The lowest BCUT2D eigenvalue weighted by molar-refractivity contribution is 0.521. The van der Waals surface area contributed by atoms with Crippen LogP contribution in [-0.4, -0.2) is 48.7 Å². The SMILES string of the molecule is Cc1ccc(N2CCC(Nc3nc(Nc4ccn5c(C)cnc5c4)ncc3Cl)CC2)nn1. The number of hydrogen-bond acceptors (Lipinski definition) is 8. The summed E-state index contributed by atoms with van der Waals surface area (Å²) in [6.07, 6.45) is 7.34. The van der Waals surface area contributed by atoms with Crippen molar-refractivity contribution in [3.8, 4) is 0 Å². The Morgan fingerprint density at radius 2 is 1.88 bits per heavy atom. The number of rotatable bonds is 5. The molecule has 0 aliphatic carbocycles. The van der Waals surface area contributed by atoms with E-state index in [0.29, 0.717) is 16.8 Å². The molecule has 0 aromatic carbocycles. The first-order valence-corrected chi connectivity index (χ1v) is 11.0. The van der Waals surface area contributed by atoms with E-state index in [1.165, 1.54) is 0 Å². The minimum Gasteiger partial charge on any atom is -0.366 e. The molecule has 1 aliphatic heterocycles. The van der Waals surface area contributed by atoms with Crippen molar-refractivity contribution in [2.24, 2.45) is 0 Å². The van der Waals surface area contributed by atoms with Crippen LogP contribution < -0.4 is 15.5 Å². The lowest BCUT2D eigenvalue weighted by atomic mass is 10.1. The van der Waals surface area contributed by atoms with Crippen LogP contribution in [0.3, 0.4) is 0 Å². The van der Waals surface area contributed by atoms with Crippen LogP contribution in [0.5, 0.6) is 0 Å². The number of aryl methyl sites for hydroxylation is 2. The molecule has 9 nitrogen and oxygen atoms in total. The van der Waals surface area contributed by atoms with E-state index in [2.05, 4.69) is 40.7 Å². The van der Waals surface area contributed by atoms with Crippen LogP contribution in [0.15, 0.2) is 42.9 Å². The van der Waals surface area contributed by atoms with E-state index in [0.717, 1.165) is 54.5 Å². The molecule has 0 saturated carbocycles. The number of hydrogen-bond donors (Lipinski definition) is 2. The maximum atomic E-state index is 6.38. The molecule has 0 spiro atoms. The van der Waals surface area contributed by atoms with E-state index in [9.17, 15) is 0 Å². The van der Waals surface area contributed by atoms with Crippen molar-refractivity contribution in [2.45, 2.75) is 32.7 Å². The van der Waals surface area contributed by atoms with Gasteiger partial charge in [0, 0.05) is 49.0 Å². The van der Waals surface area contributed by atoms with Crippen molar-refractivity contribution in [1.29, 1.82) is 0 Å². The third-order valence-corrected chi connectivity index (χ3v) is 5.92. The van der Waals surface area contributed by atoms with Crippen molar-refractivity contribution >= 4 is 40.5 Å². The third kappa shape index (κ3) is 4.29. The number of piperidine rings is 1. The zero-order valence-corrected chi connectivity index (χ0v) is 18.7. The molecule has 4 aromatic rings. The summed E-state index contributed by atoms with van der Waals surface area (Å²) in [5.74, 6) is 2.04. The molecule has 0 bridgehead atoms. The number of pyridine rings is 1. The summed E-state index contributed by atoms with van der Waals surface area (Å²) < 4.78 is 2.02. The fourth-order valence-corrected chi connectivity index (χ4v) is 4.00. The molecular weight excluding hydrogens is 426 g/mol. The molecule has 0 unspecified atom stereocenters. The lowest BCUT2D eigenvalue weighted by Gasteiger charge is -2.33. The highest BCUT2D eigenvalue weighted by Crippen LogP contribution is 2.25. The first-order valence-electron chi connectivity index (χ1n) is 10.6. The maximum Gasteiger partial charge on any atom is 0.229 e. The van der Waals surface area contributed by atoms with E-state index < -0.39 is 0 Å². The van der Waals surface area contributed by atoms with Gasteiger partial charge >= 0.3 is 0 Å². The average molecular weight is 450 g/mol. The van der Waals surface area contributed by atoms with Gasteiger partial charge in [-0.05, 0) is 44.9 Å². The molecule has 5 rings (SSSR count). The summed E-state index contributed by atoms with van der Waals surface area (Å²) in [6.45, 7) is 5.75. The predicted molar refractivity (Wildman–Crippen MR) is 126 cm³/mol. The fourth-order valence-electron chi connectivity index (χ4n) is 3.85. The van der Waals surface area contributed by atoms with Gasteiger partial charge in [-0.15, -0.1) is 5.10 Å². The summed E-state index contributed by atoms with van der Waals surface area (Å²) in [7, 11) is 0. The Labute approximate surface area is 190 Å². The summed E-state index contributed by atoms with van der Waals surface area (Å²) in [4.78, 5) is 15.6. The highest BCUT2D eigenvalue weighted by Gasteiger charge is 2.21. The number of imidazole rings is 1. The number of halogens is 1. The molecule has 4 aromatic heterocycles. The van der Waals surface area contributed by atoms with E-state index in [1.807, 2.05) is 54.9 Å². The molecule has 32 heavy (non-hydrogen) atoms. The van der Waals surface area contributed by atoms with Crippen LogP contribution in [0.1, 0.15) is 24.2 Å². The monoisotopic (exact) mass is 449 g/mol. The zero-order valence-electron chi connectivity index (χ0n) is 18.0. The average Bonchev–Trinajstić information content (AvgIpc) is 3.17. The molecule has 5 heterocycles. The standard InChI is InChI=1S/C22H24ClN9/c1-14-3-4-19(30-29-14)31-8-5-16(6-9-31)26-21-18(23)13-25-22(28-21)27-17-7-10-32-15(2)12-24-20(32)11-17/h3-4,7,10-13,16H,5-6,8-9H2,1-2H3,(H2,25,26,27,28). The van der Waals surface area contributed by atoms with E-state index in [-0.39, 0.29) is 6.04 Å².